The molecule has 0 aromatic carbocycles. The molecule has 3 nitrogen and oxygen atoms in total. The van der Waals surface area contributed by atoms with Gasteiger partial charge in [0.15, 0.2) is 0 Å². The van der Waals surface area contributed by atoms with Crippen LogP contribution in [-0.4, -0.2) is 30.1 Å². The van der Waals surface area contributed by atoms with Crippen molar-refractivity contribution in [3.05, 3.63) is 0 Å². The van der Waals surface area contributed by atoms with Gasteiger partial charge < -0.3 is 4.90 Å². The highest BCUT2D eigenvalue weighted by Crippen LogP contribution is 2.49. The number of amides is 1. The Labute approximate surface area is 98.6 Å². The zero-order valence-electron chi connectivity index (χ0n) is 10.8. The molecule has 1 N–H and O–H groups in total. The molecule has 1 aliphatic carbocycles. The summed E-state index contributed by atoms with van der Waals surface area (Å²) in [6.07, 6.45) is 4.80. The molecule has 2 rings (SSSR count). The maximum absolute atomic E-state index is 12.1. The monoisotopic (exact) mass is 224 g/mol. The molecule has 2 fully saturated rings. The molecule has 2 aliphatic rings. The lowest BCUT2D eigenvalue weighted by atomic mass is 10.0. The second-order valence-electron chi connectivity index (χ2n) is 5.93. The molecule has 1 saturated heterocycles. The van der Waals surface area contributed by atoms with Crippen LogP contribution in [0.2, 0.25) is 0 Å². The molecule has 1 amide bonds. The molecular weight excluding hydrogens is 200 g/mol. The maximum Gasteiger partial charge on any atom is 0.240 e. The molecule has 1 saturated carbocycles. The van der Waals surface area contributed by atoms with Crippen LogP contribution in [0.4, 0.5) is 0 Å². The van der Waals surface area contributed by atoms with E-state index in [4.69, 9.17) is 0 Å². The summed E-state index contributed by atoms with van der Waals surface area (Å²) in [5, 5.41) is 3.34. The number of nitrogens with one attached hydrogen (secondary N) is 1. The molecule has 1 heterocycles. The number of carbonyl (C=O) groups excluding carboxylic acids is 1. The van der Waals surface area contributed by atoms with Gasteiger partial charge in [-0.15, -0.1) is 0 Å². The molecular formula is C13H24N2O. The van der Waals surface area contributed by atoms with E-state index in [2.05, 4.69) is 26.1 Å². The Morgan fingerprint density at radius 3 is 2.69 bits per heavy atom. The van der Waals surface area contributed by atoms with E-state index >= 15 is 0 Å². The number of rotatable bonds is 5. The predicted molar refractivity (Wildman–Crippen MR) is 64.9 cm³/mol. The van der Waals surface area contributed by atoms with Crippen LogP contribution in [0.1, 0.15) is 46.5 Å². The minimum absolute atomic E-state index is 0.0765. The van der Waals surface area contributed by atoms with E-state index in [1.165, 1.54) is 19.3 Å². The van der Waals surface area contributed by atoms with Crippen molar-refractivity contribution in [2.24, 2.45) is 11.3 Å². The van der Waals surface area contributed by atoms with Crippen molar-refractivity contribution in [1.29, 1.82) is 0 Å². The lowest BCUT2D eigenvalue weighted by Gasteiger charge is -2.22. The van der Waals surface area contributed by atoms with Gasteiger partial charge in [-0.05, 0) is 37.0 Å². The van der Waals surface area contributed by atoms with Crippen LogP contribution in [0.15, 0.2) is 0 Å². The van der Waals surface area contributed by atoms with E-state index < -0.39 is 0 Å². The van der Waals surface area contributed by atoms with Gasteiger partial charge in [0.2, 0.25) is 5.91 Å². The number of nitrogens with zero attached hydrogens (tertiary/aromatic N) is 1. The summed E-state index contributed by atoms with van der Waals surface area (Å²) in [6, 6.07) is 0.0765. The highest BCUT2D eigenvalue weighted by molar-refractivity contribution is 5.83. The summed E-state index contributed by atoms with van der Waals surface area (Å²) in [5.74, 6) is 0.913. The fourth-order valence-electron chi connectivity index (χ4n) is 2.60. The van der Waals surface area contributed by atoms with Crippen LogP contribution >= 0.6 is 0 Å². The summed E-state index contributed by atoms with van der Waals surface area (Å²) in [7, 11) is 0. The molecule has 16 heavy (non-hydrogen) atoms. The summed E-state index contributed by atoms with van der Waals surface area (Å²) < 4.78 is 0. The van der Waals surface area contributed by atoms with Crippen molar-refractivity contribution in [1.82, 2.24) is 10.2 Å². The average Bonchev–Trinajstić information content (AvgIpc) is 2.94. The van der Waals surface area contributed by atoms with Gasteiger partial charge in [-0.2, -0.15) is 0 Å². The van der Waals surface area contributed by atoms with Crippen molar-refractivity contribution >= 4 is 5.91 Å². The lowest BCUT2D eigenvalue weighted by Crippen LogP contribution is -2.35. The van der Waals surface area contributed by atoms with Gasteiger partial charge in [-0.3, -0.25) is 10.1 Å². The van der Waals surface area contributed by atoms with Gasteiger partial charge in [0.1, 0.15) is 0 Å². The molecule has 3 heteroatoms. The Morgan fingerprint density at radius 1 is 1.50 bits per heavy atom. The smallest absolute Gasteiger partial charge is 0.240 e. The third-order valence-electron chi connectivity index (χ3n) is 4.08. The zero-order chi connectivity index (χ0) is 11.8. The largest absolute Gasteiger partial charge is 0.328 e. The Bertz CT molecular complexity index is 271. The average molecular weight is 224 g/mol. The van der Waals surface area contributed by atoms with Crippen LogP contribution in [0, 0.1) is 11.3 Å². The van der Waals surface area contributed by atoms with Gasteiger partial charge in [0, 0.05) is 6.54 Å². The van der Waals surface area contributed by atoms with Crippen LogP contribution in [0.3, 0.4) is 0 Å². The minimum atomic E-state index is 0.0765. The fraction of sp³-hybridized carbons (Fsp3) is 0.923. The lowest BCUT2D eigenvalue weighted by molar-refractivity contribution is -0.129. The summed E-state index contributed by atoms with van der Waals surface area (Å²) in [6.45, 7) is 8.33. The van der Waals surface area contributed by atoms with Crippen molar-refractivity contribution in [3.63, 3.8) is 0 Å². The predicted octanol–water partition coefficient (Wildman–Crippen LogP) is 1.98. The van der Waals surface area contributed by atoms with Crippen LogP contribution in [-0.2, 0) is 4.79 Å². The first-order valence-electron chi connectivity index (χ1n) is 6.58. The number of hydrogen-bond acceptors (Lipinski definition) is 2. The fourth-order valence-corrected chi connectivity index (χ4v) is 2.60. The highest BCUT2D eigenvalue weighted by Gasteiger charge is 2.45. The summed E-state index contributed by atoms with van der Waals surface area (Å²) >= 11 is 0. The van der Waals surface area contributed by atoms with Gasteiger partial charge in [0.25, 0.3) is 0 Å². The first-order valence-corrected chi connectivity index (χ1v) is 6.58. The number of carbonyl (C=O) groups is 1. The zero-order valence-corrected chi connectivity index (χ0v) is 10.8. The van der Waals surface area contributed by atoms with E-state index in [0.29, 0.717) is 17.2 Å². The van der Waals surface area contributed by atoms with Crippen molar-refractivity contribution < 1.29 is 4.79 Å². The third kappa shape index (κ3) is 2.40. The Kier molecular flexibility index (Phi) is 3.24. The standard InChI is InChI=1S/C13H24N2O/c1-4-13(5-6-13)8-15-9-14-11(12(15)16)7-10(2)3/h10-11,14H,4-9H2,1-3H3. The molecule has 1 unspecified atom stereocenters. The topological polar surface area (TPSA) is 32.3 Å². The molecule has 1 atom stereocenters. The normalized spacial score (nSPS) is 27.9. The molecule has 92 valence electrons. The molecule has 0 spiro atoms. The molecule has 0 aromatic rings. The van der Waals surface area contributed by atoms with Gasteiger partial charge in [0.05, 0.1) is 12.7 Å². The van der Waals surface area contributed by atoms with Gasteiger partial charge >= 0.3 is 0 Å². The first-order chi connectivity index (χ1) is 7.56. The van der Waals surface area contributed by atoms with E-state index in [-0.39, 0.29) is 6.04 Å². The first kappa shape index (κ1) is 11.9. The maximum atomic E-state index is 12.1. The molecule has 0 bridgehead atoms. The van der Waals surface area contributed by atoms with Crippen molar-refractivity contribution in [3.8, 4) is 0 Å². The van der Waals surface area contributed by atoms with E-state index in [9.17, 15) is 4.79 Å². The molecule has 0 radical (unpaired) electrons. The van der Waals surface area contributed by atoms with Gasteiger partial charge in [-0.25, -0.2) is 0 Å². The van der Waals surface area contributed by atoms with E-state index in [1.54, 1.807) is 0 Å². The highest BCUT2D eigenvalue weighted by atomic mass is 16.2. The van der Waals surface area contributed by atoms with E-state index in [1.807, 2.05) is 4.90 Å². The quantitative estimate of drug-likeness (QED) is 0.774. The second-order valence-corrected chi connectivity index (χ2v) is 5.93. The van der Waals surface area contributed by atoms with Crippen LogP contribution in [0.5, 0.6) is 0 Å². The van der Waals surface area contributed by atoms with Crippen LogP contribution in [0.25, 0.3) is 0 Å². The van der Waals surface area contributed by atoms with Crippen molar-refractivity contribution in [2.75, 3.05) is 13.2 Å². The third-order valence-corrected chi connectivity index (χ3v) is 4.08. The Balaban J connectivity index is 1.87. The number of hydrogen-bond donors (Lipinski definition) is 1. The van der Waals surface area contributed by atoms with E-state index in [0.717, 1.165) is 19.6 Å². The van der Waals surface area contributed by atoms with Crippen molar-refractivity contribution in [2.45, 2.75) is 52.5 Å². The molecule has 0 aromatic heterocycles. The summed E-state index contributed by atoms with van der Waals surface area (Å²) in [5.41, 5.74) is 0.476. The Hall–Kier alpha value is -0.570. The minimum Gasteiger partial charge on any atom is -0.328 e. The summed E-state index contributed by atoms with van der Waals surface area (Å²) in [4.78, 5) is 14.2. The Morgan fingerprint density at radius 2 is 2.19 bits per heavy atom. The van der Waals surface area contributed by atoms with Crippen LogP contribution < -0.4 is 5.32 Å². The second kappa shape index (κ2) is 4.36. The van der Waals surface area contributed by atoms with Gasteiger partial charge in [-0.1, -0.05) is 20.8 Å². The molecule has 1 aliphatic heterocycles. The SMILES string of the molecule is CCC1(CN2CNC(CC(C)C)C2=O)CC1.